The third-order valence-corrected chi connectivity index (χ3v) is 5.00. The highest BCUT2D eigenvalue weighted by Gasteiger charge is 2.26. The van der Waals surface area contributed by atoms with E-state index in [1.807, 2.05) is 0 Å². The lowest BCUT2D eigenvalue weighted by molar-refractivity contribution is 0.0950. The molecule has 1 aliphatic rings. The topological polar surface area (TPSA) is 92.3 Å². The van der Waals surface area contributed by atoms with E-state index < -0.39 is 28.9 Å². The molecule has 2 aromatic rings. The number of hydrogen-bond acceptors (Lipinski definition) is 6. The zero-order valence-corrected chi connectivity index (χ0v) is 18.7. The van der Waals surface area contributed by atoms with Gasteiger partial charge in [0.1, 0.15) is 34.5 Å². The number of carbonyl (C=O) groups excluding carboxylic acids is 1. The van der Waals surface area contributed by atoms with Crippen molar-refractivity contribution in [2.75, 3.05) is 13.7 Å². The van der Waals surface area contributed by atoms with Crippen LogP contribution in [-0.2, 0) is 0 Å². The quantitative estimate of drug-likeness (QED) is 0.631. The van der Waals surface area contributed by atoms with Gasteiger partial charge in [-0.3, -0.25) is 4.79 Å². The van der Waals surface area contributed by atoms with Crippen LogP contribution in [0.15, 0.2) is 40.9 Å². The molecule has 0 saturated heterocycles. The van der Waals surface area contributed by atoms with Gasteiger partial charge >= 0.3 is 0 Å². The van der Waals surface area contributed by atoms with Crippen LogP contribution in [0.25, 0.3) is 5.70 Å². The van der Waals surface area contributed by atoms with Crippen molar-refractivity contribution in [2.45, 2.75) is 26.7 Å². The number of nitrogens with one attached hydrogen (secondary N) is 1. The summed E-state index contributed by atoms with van der Waals surface area (Å²) in [5.41, 5.74) is 6.98. The first-order valence-electron chi connectivity index (χ1n) is 10.1. The molecule has 7 nitrogen and oxygen atoms in total. The molecule has 33 heavy (non-hydrogen) atoms. The van der Waals surface area contributed by atoms with Crippen molar-refractivity contribution >= 4 is 29.0 Å². The molecule has 0 unspecified atom stereocenters. The summed E-state index contributed by atoms with van der Waals surface area (Å²) in [6, 6.07) is 4.68. The fraction of sp³-hybridized carbons (Fsp3) is 0.261. The van der Waals surface area contributed by atoms with Crippen LogP contribution in [0.2, 0.25) is 0 Å². The zero-order valence-electron chi connectivity index (χ0n) is 18.7. The van der Waals surface area contributed by atoms with Crippen LogP contribution < -0.4 is 15.8 Å². The Morgan fingerprint density at radius 2 is 1.88 bits per heavy atom. The van der Waals surface area contributed by atoms with Gasteiger partial charge in [-0.1, -0.05) is 20.4 Å². The highest BCUT2D eigenvalue weighted by Crippen LogP contribution is 2.40. The smallest absolute Gasteiger partial charge is 0.257 e. The number of amides is 1. The molecule has 0 fully saturated rings. The lowest BCUT2D eigenvalue weighted by Gasteiger charge is -2.27. The van der Waals surface area contributed by atoms with E-state index in [1.54, 1.807) is 20.8 Å². The number of guanidine groups is 1. The number of rotatable bonds is 6. The monoisotopic (exact) mass is 459 g/mol. The molecule has 0 bridgehead atoms. The molecular formula is C23H24F3N5O2. The predicted molar refractivity (Wildman–Crippen MR) is 121 cm³/mol. The van der Waals surface area contributed by atoms with Gasteiger partial charge in [-0.25, -0.2) is 23.2 Å². The normalized spacial score (nSPS) is 13.7. The summed E-state index contributed by atoms with van der Waals surface area (Å²) in [4.78, 5) is 16.6. The van der Waals surface area contributed by atoms with Gasteiger partial charge in [0, 0.05) is 11.6 Å². The largest absolute Gasteiger partial charge is 0.494 e. The average molecular weight is 459 g/mol. The van der Waals surface area contributed by atoms with Crippen LogP contribution in [0.3, 0.4) is 0 Å². The molecule has 3 rings (SSSR count). The Kier molecular flexibility index (Phi) is 6.75. The Morgan fingerprint density at radius 1 is 1.24 bits per heavy atom. The predicted octanol–water partition coefficient (Wildman–Crippen LogP) is 4.27. The Balaban J connectivity index is 1.78. The Bertz CT molecular complexity index is 1170. The maximum absolute atomic E-state index is 14.3. The van der Waals surface area contributed by atoms with E-state index in [9.17, 15) is 18.0 Å². The van der Waals surface area contributed by atoms with Crippen molar-refractivity contribution in [1.82, 2.24) is 10.3 Å². The summed E-state index contributed by atoms with van der Waals surface area (Å²) in [5, 5.41) is 7.87. The molecule has 0 aromatic heterocycles. The number of carbonyl (C=O) groups is 1. The standard InChI is InChI=1S/C23H24F3N5O2/c1-11(2)14-6-17(25)20(18(26)7-14)22(32)28-10-12(3)30-31-13(4)16-8-15(24)9-19(33-5)21(16)29-23(31)27/h6-9,11H,4,10H2,1-3,5H3,(H2,27,29)(H,28,32)/b30-12+. The van der Waals surface area contributed by atoms with E-state index in [0.29, 0.717) is 22.5 Å². The fourth-order valence-electron chi connectivity index (χ4n) is 3.24. The van der Waals surface area contributed by atoms with Gasteiger partial charge in [0.2, 0.25) is 5.96 Å². The summed E-state index contributed by atoms with van der Waals surface area (Å²) in [5.74, 6) is -3.32. The first-order chi connectivity index (χ1) is 15.5. The second-order valence-electron chi connectivity index (χ2n) is 7.76. The third kappa shape index (κ3) is 4.84. The second kappa shape index (κ2) is 9.35. The maximum atomic E-state index is 14.3. The number of hydrogen-bond donors (Lipinski definition) is 2. The van der Waals surface area contributed by atoms with Gasteiger partial charge in [-0.2, -0.15) is 5.10 Å². The number of nitrogens with two attached hydrogens (primary N) is 1. The third-order valence-electron chi connectivity index (χ3n) is 5.00. The summed E-state index contributed by atoms with van der Waals surface area (Å²) >= 11 is 0. The number of aliphatic imine (C=N–C) groups is 1. The van der Waals surface area contributed by atoms with Gasteiger partial charge in [-0.05, 0) is 36.6 Å². The number of methoxy groups -OCH3 is 1. The molecular weight excluding hydrogens is 435 g/mol. The SMILES string of the molecule is C=C1c2cc(F)cc(OC)c2N=C(N)N1/N=C(\C)CNC(=O)c1c(F)cc(C(C)C)cc1F. The first-order valence-corrected chi connectivity index (χ1v) is 10.1. The second-order valence-corrected chi connectivity index (χ2v) is 7.76. The number of nitrogens with zero attached hydrogens (tertiary/aromatic N) is 3. The van der Waals surface area contributed by atoms with Crippen LogP contribution >= 0.6 is 0 Å². The highest BCUT2D eigenvalue weighted by atomic mass is 19.1. The molecule has 10 heteroatoms. The maximum Gasteiger partial charge on any atom is 0.257 e. The summed E-state index contributed by atoms with van der Waals surface area (Å²) < 4.78 is 47.8. The molecule has 0 radical (unpaired) electrons. The minimum atomic E-state index is -0.945. The van der Waals surface area contributed by atoms with Crippen LogP contribution in [0, 0.1) is 17.5 Å². The first kappa shape index (κ1) is 23.8. The van der Waals surface area contributed by atoms with Gasteiger partial charge in [0.15, 0.2) is 0 Å². The summed E-state index contributed by atoms with van der Waals surface area (Å²) in [6.45, 7) is 8.91. The number of benzene rings is 2. The molecule has 0 aliphatic carbocycles. The van der Waals surface area contributed by atoms with E-state index in [0.717, 1.165) is 12.1 Å². The van der Waals surface area contributed by atoms with E-state index in [4.69, 9.17) is 10.5 Å². The number of ether oxygens (including phenoxy) is 1. The lowest BCUT2D eigenvalue weighted by atomic mass is 10.0. The minimum Gasteiger partial charge on any atom is -0.494 e. The van der Waals surface area contributed by atoms with Crippen LogP contribution in [-0.4, -0.2) is 36.2 Å². The summed E-state index contributed by atoms with van der Waals surface area (Å²) in [6.07, 6.45) is 0. The van der Waals surface area contributed by atoms with Crippen LogP contribution in [0.5, 0.6) is 5.75 Å². The van der Waals surface area contributed by atoms with Crippen LogP contribution in [0.1, 0.15) is 48.2 Å². The van der Waals surface area contributed by atoms with Crippen LogP contribution in [0.4, 0.5) is 18.9 Å². The van der Waals surface area contributed by atoms with E-state index >= 15 is 0 Å². The molecule has 0 saturated carbocycles. The van der Waals surface area contributed by atoms with Crippen molar-refractivity contribution in [3.05, 3.63) is 65.0 Å². The van der Waals surface area contributed by atoms with E-state index in [1.165, 1.54) is 24.3 Å². The molecule has 174 valence electrons. The lowest BCUT2D eigenvalue weighted by Crippen LogP contribution is -2.36. The molecule has 2 aromatic carbocycles. The van der Waals surface area contributed by atoms with E-state index in [2.05, 4.69) is 22.0 Å². The van der Waals surface area contributed by atoms with Crippen molar-refractivity contribution < 1.29 is 22.7 Å². The zero-order chi connectivity index (χ0) is 24.4. The Hall–Kier alpha value is -3.82. The number of fused-ring (bicyclic) bond motifs is 1. The number of halogens is 3. The molecule has 3 N–H and O–H groups in total. The Labute approximate surface area is 189 Å². The molecule has 0 atom stereocenters. The summed E-state index contributed by atoms with van der Waals surface area (Å²) in [7, 11) is 1.38. The van der Waals surface area contributed by atoms with Gasteiger partial charge < -0.3 is 15.8 Å². The molecule has 0 spiro atoms. The van der Waals surface area contributed by atoms with E-state index in [-0.39, 0.29) is 29.9 Å². The Morgan fingerprint density at radius 3 is 2.45 bits per heavy atom. The fourth-order valence-corrected chi connectivity index (χ4v) is 3.24. The molecule has 1 heterocycles. The minimum absolute atomic E-state index is 0.0514. The van der Waals surface area contributed by atoms with Crippen molar-refractivity contribution in [3.63, 3.8) is 0 Å². The molecule has 1 amide bonds. The average Bonchev–Trinajstić information content (AvgIpc) is 2.74. The highest BCUT2D eigenvalue weighted by molar-refractivity contribution is 6.00. The molecule has 1 aliphatic heterocycles. The van der Waals surface area contributed by atoms with Crippen molar-refractivity contribution in [2.24, 2.45) is 15.8 Å². The van der Waals surface area contributed by atoms with Crippen molar-refractivity contribution in [3.8, 4) is 5.75 Å². The van der Waals surface area contributed by atoms with Gasteiger partial charge in [0.25, 0.3) is 5.91 Å². The number of hydrazone groups is 1. The van der Waals surface area contributed by atoms with Gasteiger partial charge in [-0.15, -0.1) is 0 Å². The van der Waals surface area contributed by atoms with Gasteiger partial charge in [0.05, 0.1) is 25.1 Å². The van der Waals surface area contributed by atoms with Crippen molar-refractivity contribution in [1.29, 1.82) is 0 Å².